The molecule has 0 radical (unpaired) electrons. The Labute approximate surface area is 103 Å². The van der Waals surface area contributed by atoms with Crippen LogP contribution in [0.4, 0.5) is 0 Å². The molecule has 0 saturated heterocycles. The molecule has 1 aromatic carbocycles. The number of halogens is 1. The summed E-state index contributed by atoms with van der Waals surface area (Å²) in [6.07, 6.45) is 0. The summed E-state index contributed by atoms with van der Waals surface area (Å²) in [5, 5.41) is 2.12. The van der Waals surface area contributed by atoms with Gasteiger partial charge < -0.3 is 0 Å². The van der Waals surface area contributed by atoms with Crippen molar-refractivity contribution in [1.82, 2.24) is 0 Å². The molecular formula is C13H13BrS. The maximum absolute atomic E-state index is 3.77. The van der Waals surface area contributed by atoms with E-state index in [1.54, 1.807) is 11.3 Å². The van der Waals surface area contributed by atoms with E-state index < -0.39 is 0 Å². The largest absolute Gasteiger partial charge is 0.147 e. The Kier molecular flexibility index (Phi) is 3.27. The normalized spacial score (nSPS) is 12.7. The van der Waals surface area contributed by atoms with E-state index in [2.05, 4.69) is 65.5 Å². The van der Waals surface area contributed by atoms with Gasteiger partial charge in [-0.2, -0.15) is 0 Å². The average molecular weight is 281 g/mol. The van der Waals surface area contributed by atoms with Crippen LogP contribution >= 0.6 is 27.3 Å². The first-order chi connectivity index (χ1) is 7.18. The Hall–Kier alpha value is -0.600. The number of thiophene rings is 1. The molecule has 0 nitrogen and oxygen atoms in total. The third-order valence-corrected chi connectivity index (χ3v) is 4.73. The molecule has 2 aromatic rings. The van der Waals surface area contributed by atoms with E-state index in [0.29, 0.717) is 4.83 Å². The van der Waals surface area contributed by atoms with Crippen molar-refractivity contribution in [2.75, 3.05) is 0 Å². The molecule has 78 valence electrons. The molecule has 0 saturated carbocycles. The van der Waals surface area contributed by atoms with Gasteiger partial charge in [0.25, 0.3) is 0 Å². The van der Waals surface area contributed by atoms with Gasteiger partial charge in [0.15, 0.2) is 0 Å². The maximum atomic E-state index is 3.77. The van der Waals surface area contributed by atoms with Gasteiger partial charge in [0.1, 0.15) is 0 Å². The van der Waals surface area contributed by atoms with Crippen LogP contribution in [-0.4, -0.2) is 0 Å². The molecule has 0 spiro atoms. The van der Waals surface area contributed by atoms with E-state index in [-0.39, 0.29) is 0 Å². The number of hydrogen-bond donors (Lipinski definition) is 0. The maximum Gasteiger partial charge on any atom is 0.0740 e. The summed E-state index contributed by atoms with van der Waals surface area (Å²) >= 11 is 5.56. The first-order valence-electron chi connectivity index (χ1n) is 4.93. The van der Waals surface area contributed by atoms with E-state index in [1.807, 2.05) is 0 Å². The molecule has 0 aliphatic rings. The highest BCUT2D eigenvalue weighted by Gasteiger charge is 2.13. The minimum Gasteiger partial charge on any atom is -0.147 e. The molecule has 1 heterocycles. The van der Waals surface area contributed by atoms with Crippen LogP contribution in [0.1, 0.15) is 26.4 Å². The zero-order valence-electron chi connectivity index (χ0n) is 8.83. The third-order valence-electron chi connectivity index (χ3n) is 2.50. The van der Waals surface area contributed by atoms with Crippen molar-refractivity contribution < 1.29 is 0 Å². The van der Waals surface area contributed by atoms with Crippen LogP contribution in [0, 0.1) is 13.8 Å². The lowest BCUT2D eigenvalue weighted by Crippen LogP contribution is -1.94. The van der Waals surface area contributed by atoms with Gasteiger partial charge in [0.2, 0.25) is 0 Å². The second kappa shape index (κ2) is 4.50. The highest BCUT2D eigenvalue weighted by atomic mass is 79.9. The first-order valence-corrected chi connectivity index (χ1v) is 6.72. The van der Waals surface area contributed by atoms with Crippen LogP contribution in [0.2, 0.25) is 0 Å². The molecule has 0 aliphatic carbocycles. The van der Waals surface area contributed by atoms with Gasteiger partial charge in [-0.1, -0.05) is 45.8 Å². The fraction of sp³-hybridized carbons (Fsp3) is 0.231. The van der Waals surface area contributed by atoms with E-state index in [0.717, 1.165) is 0 Å². The van der Waals surface area contributed by atoms with Crippen LogP contribution in [0.25, 0.3) is 0 Å². The molecule has 0 fully saturated rings. The molecule has 2 heteroatoms. The van der Waals surface area contributed by atoms with Crippen LogP contribution in [0.15, 0.2) is 35.7 Å². The van der Waals surface area contributed by atoms with Crippen molar-refractivity contribution in [3.05, 3.63) is 57.3 Å². The first kappa shape index (κ1) is 10.9. The summed E-state index contributed by atoms with van der Waals surface area (Å²) in [5.41, 5.74) is 4.03. The van der Waals surface area contributed by atoms with E-state index in [4.69, 9.17) is 0 Å². The van der Waals surface area contributed by atoms with Crippen LogP contribution in [-0.2, 0) is 0 Å². The SMILES string of the molecule is Cc1ccc(C)c(C(Br)c2cccs2)c1. The quantitative estimate of drug-likeness (QED) is 0.690. The standard InChI is InChI=1S/C13H13BrS/c1-9-5-6-10(2)11(8-9)13(14)12-4-3-7-15-12/h3-8,13H,1-2H3. The van der Waals surface area contributed by atoms with Gasteiger partial charge in [-0.15, -0.1) is 11.3 Å². The minimum atomic E-state index is 0.331. The van der Waals surface area contributed by atoms with E-state index in [1.165, 1.54) is 21.6 Å². The van der Waals surface area contributed by atoms with Gasteiger partial charge in [-0.25, -0.2) is 0 Å². The van der Waals surface area contributed by atoms with Crippen molar-refractivity contribution in [1.29, 1.82) is 0 Å². The molecular weight excluding hydrogens is 268 g/mol. The van der Waals surface area contributed by atoms with Gasteiger partial charge in [-0.05, 0) is 36.4 Å². The summed E-state index contributed by atoms with van der Waals surface area (Å²) in [6, 6.07) is 10.9. The number of hydrogen-bond acceptors (Lipinski definition) is 1. The van der Waals surface area contributed by atoms with E-state index in [9.17, 15) is 0 Å². The van der Waals surface area contributed by atoms with Crippen molar-refractivity contribution in [3.63, 3.8) is 0 Å². The predicted octanol–water partition coefficient (Wildman–Crippen LogP) is 4.85. The second-order valence-electron chi connectivity index (χ2n) is 3.74. The number of benzene rings is 1. The lowest BCUT2D eigenvalue weighted by atomic mass is 10.0. The molecule has 1 atom stereocenters. The second-order valence-corrected chi connectivity index (χ2v) is 5.63. The Bertz CT molecular complexity index is 446. The van der Waals surface area contributed by atoms with Crippen LogP contribution < -0.4 is 0 Å². The smallest absolute Gasteiger partial charge is 0.0740 e. The molecule has 0 N–H and O–H groups in total. The Balaban J connectivity index is 2.41. The molecule has 1 aromatic heterocycles. The summed E-state index contributed by atoms with van der Waals surface area (Å²) in [6.45, 7) is 4.30. The molecule has 15 heavy (non-hydrogen) atoms. The molecule has 0 bridgehead atoms. The number of rotatable bonds is 2. The molecule has 0 aliphatic heterocycles. The van der Waals surface area contributed by atoms with Crippen LogP contribution in [0.3, 0.4) is 0 Å². The van der Waals surface area contributed by atoms with Crippen molar-refractivity contribution in [3.8, 4) is 0 Å². The fourth-order valence-corrected chi connectivity index (χ4v) is 3.31. The minimum absolute atomic E-state index is 0.331. The van der Waals surface area contributed by atoms with Crippen molar-refractivity contribution in [2.24, 2.45) is 0 Å². The Morgan fingerprint density at radius 3 is 2.67 bits per heavy atom. The average Bonchev–Trinajstić information content (AvgIpc) is 2.74. The highest BCUT2D eigenvalue weighted by Crippen LogP contribution is 2.35. The fourth-order valence-electron chi connectivity index (χ4n) is 1.62. The lowest BCUT2D eigenvalue weighted by molar-refractivity contribution is 1.16. The molecule has 1 unspecified atom stereocenters. The summed E-state index contributed by atoms with van der Waals surface area (Å²) in [5.74, 6) is 0. The lowest BCUT2D eigenvalue weighted by Gasteiger charge is -2.12. The van der Waals surface area contributed by atoms with Crippen LogP contribution in [0.5, 0.6) is 0 Å². The van der Waals surface area contributed by atoms with Gasteiger partial charge in [-0.3, -0.25) is 0 Å². The summed E-state index contributed by atoms with van der Waals surface area (Å²) in [7, 11) is 0. The molecule has 2 rings (SSSR count). The third kappa shape index (κ3) is 2.32. The van der Waals surface area contributed by atoms with Crippen molar-refractivity contribution >= 4 is 27.3 Å². The monoisotopic (exact) mass is 280 g/mol. The Morgan fingerprint density at radius 1 is 1.20 bits per heavy atom. The van der Waals surface area contributed by atoms with Gasteiger partial charge >= 0.3 is 0 Å². The highest BCUT2D eigenvalue weighted by molar-refractivity contribution is 9.09. The van der Waals surface area contributed by atoms with Gasteiger partial charge in [0.05, 0.1) is 4.83 Å². The van der Waals surface area contributed by atoms with E-state index >= 15 is 0 Å². The Morgan fingerprint density at radius 2 is 2.00 bits per heavy atom. The number of alkyl halides is 1. The summed E-state index contributed by atoms with van der Waals surface area (Å²) in [4.78, 5) is 1.70. The zero-order chi connectivity index (χ0) is 10.8. The molecule has 0 amide bonds. The van der Waals surface area contributed by atoms with Gasteiger partial charge in [0, 0.05) is 4.88 Å². The number of aryl methyl sites for hydroxylation is 2. The zero-order valence-corrected chi connectivity index (χ0v) is 11.2. The predicted molar refractivity (Wildman–Crippen MR) is 71.0 cm³/mol. The summed E-state index contributed by atoms with van der Waals surface area (Å²) < 4.78 is 0. The van der Waals surface area contributed by atoms with Crippen molar-refractivity contribution in [2.45, 2.75) is 18.7 Å². The topological polar surface area (TPSA) is 0 Å².